The first-order valence-corrected chi connectivity index (χ1v) is 8.29. The van der Waals surface area contributed by atoms with Gasteiger partial charge < -0.3 is 15.5 Å². The van der Waals surface area contributed by atoms with Crippen LogP contribution < -0.4 is 11.1 Å². The molecule has 5 heteroatoms. The Morgan fingerprint density at radius 2 is 2.19 bits per heavy atom. The first-order chi connectivity index (χ1) is 10.3. The predicted molar refractivity (Wildman–Crippen MR) is 83.1 cm³/mol. The Bertz CT molecular complexity index is 585. The van der Waals surface area contributed by atoms with Crippen LogP contribution in [-0.4, -0.2) is 5.91 Å². The van der Waals surface area contributed by atoms with E-state index in [1.54, 1.807) is 23.5 Å². The van der Waals surface area contributed by atoms with Crippen LogP contribution in [0.5, 0.6) is 0 Å². The molecule has 1 saturated carbocycles. The van der Waals surface area contributed by atoms with Crippen molar-refractivity contribution in [3.8, 4) is 0 Å². The van der Waals surface area contributed by atoms with Crippen LogP contribution in [-0.2, 0) is 6.54 Å². The summed E-state index contributed by atoms with van der Waals surface area (Å²) in [4.78, 5) is 13.6. The van der Waals surface area contributed by atoms with Crippen LogP contribution in [0.2, 0.25) is 0 Å². The van der Waals surface area contributed by atoms with Crippen molar-refractivity contribution in [2.24, 2.45) is 11.7 Å². The lowest BCUT2D eigenvalue weighted by Crippen LogP contribution is -2.32. The van der Waals surface area contributed by atoms with Gasteiger partial charge in [0.05, 0.1) is 12.6 Å². The Morgan fingerprint density at radius 3 is 2.81 bits per heavy atom. The number of hydrogen-bond donors (Lipinski definition) is 2. The molecule has 2 aromatic rings. The summed E-state index contributed by atoms with van der Waals surface area (Å²) in [6.07, 6.45) is 4.85. The highest BCUT2D eigenvalue weighted by Crippen LogP contribution is 2.37. The van der Waals surface area contributed by atoms with E-state index >= 15 is 0 Å². The van der Waals surface area contributed by atoms with Crippen molar-refractivity contribution in [2.75, 3.05) is 0 Å². The number of thiophene rings is 1. The maximum Gasteiger partial charge on any atom is 0.287 e. The van der Waals surface area contributed by atoms with Crippen molar-refractivity contribution in [3.05, 3.63) is 46.0 Å². The summed E-state index contributed by atoms with van der Waals surface area (Å²) in [6.45, 7) is 0.310. The lowest BCUT2D eigenvalue weighted by molar-refractivity contribution is 0.0893. The van der Waals surface area contributed by atoms with Crippen LogP contribution in [0.25, 0.3) is 0 Å². The zero-order valence-electron chi connectivity index (χ0n) is 11.9. The molecule has 0 aliphatic heterocycles. The van der Waals surface area contributed by atoms with Crippen molar-refractivity contribution >= 4 is 17.2 Å². The average molecular weight is 304 g/mol. The van der Waals surface area contributed by atoms with Gasteiger partial charge in [-0.15, -0.1) is 11.3 Å². The number of rotatable bonds is 5. The third-order valence-corrected chi connectivity index (χ3v) is 5.05. The first-order valence-electron chi connectivity index (χ1n) is 7.41. The van der Waals surface area contributed by atoms with E-state index in [0.717, 1.165) is 0 Å². The van der Waals surface area contributed by atoms with Crippen LogP contribution in [0.3, 0.4) is 0 Å². The Labute approximate surface area is 128 Å². The Morgan fingerprint density at radius 1 is 1.38 bits per heavy atom. The van der Waals surface area contributed by atoms with E-state index < -0.39 is 0 Å². The van der Waals surface area contributed by atoms with Gasteiger partial charge in [0.1, 0.15) is 5.76 Å². The summed E-state index contributed by atoms with van der Waals surface area (Å²) in [5, 5.41) is 5.21. The van der Waals surface area contributed by atoms with Gasteiger partial charge in [-0.2, -0.15) is 0 Å². The topological polar surface area (TPSA) is 68.3 Å². The van der Waals surface area contributed by atoms with Gasteiger partial charge in [-0.3, -0.25) is 4.79 Å². The van der Waals surface area contributed by atoms with Gasteiger partial charge in [-0.1, -0.05) is 18.9 Å². The van der Waals surface area contributed by atoms with E-state index in [0.29, 0.717) is 24.0 Å². The number of nitrogens with one attached hydrogen (secondary N) is 1. The zero-order chi connectivity index (χ0) is 14.7. The molecule has 0 spiro atoms. The quantitative estimate of drug-likeness (QED) is 0.889. The second-order valence-electron chi connectivity index (χ2n) is 5.48. The minimum atomic E-state index is -0.153. The predicted octanol–water partition coefficient (Wildman–Crippen LogP) is 3.46. The van der Waals surface area contributed by atoms with Gasteiger partial charge in [0, 0.05) is 4.88 Å². The molecule has 3 N–H and O–H groups in total. The maximum atomic E-state index is 12.4. The fourth-order valence-corrected chi connectivity index (χ4v) is 3.87. The van der Waals surface area contributed by atoms with E-state index in [1.807, 2.05) is 6.07 Å². The molecule has 21 heavy (non-hydrogen) atoms. The molecule has 0 radical (unpaired) electrons. The van der Waals surface area contributed by atoms with E-state index in [-0.39, 0.29) is 11.9 Å². The molecule has 3 rings (SSSR count). The smallest absolute Gasteiger partial charge is 0.287 e. The van der Waals surface area contributed by atoms with Gasteiger partial charge in [0.25, 0.3) is 5.91 Å². The molecule has 112 valence electrons. The molecule has 0 bridgehead atoms. The third kappa shape index (κ3) is 3.19. The Hall–Kier alpha value is -1.59. The van der Waals surface area contributed by atoms with E-state index in [9.17, 15) is 4.79 Å². The molecule has 1 unspecified atom stereocenters. The lowest BCUT2D eigenvalue weighted by atomic mass is 9.96. The van der Waals surface area contributed by atoms with Crippen LogP contribution in [0, 0.1) is 5.92 Å². The van der Waals surface area contributed by atoms with Gasteiger partial charge >= 0.3 is 0 Å². The molecular formula is C16H20N2O2S. The summed E-state index contributed by atoms with van der Waals surface area (Å²) < 4.78 is 5.44. The summed E-state index contributed by atoms with van der Waals surface area (Å²) in [6, 6.07) is 7.67. The highest BCUT2D eigenvalue weighted by atomic mass is 32.1. The van der Waals surface area contributed by atoms with Crippen molar-refractivity contribution in [1.29, 1.82) is 0 Å². The van der Waals surface area contributed by atoms with Crippen molar-refractivity contribution in [3.63, 3.8) is 0 Å². The highest BCUT2D eigenvalue weighted by molar-refractivity contribution is 7.10. The largest absolute Gasteiger partial charge is 0.455 e. The van der Waals surface area contributed by atoms with Crippen molar-refractivity contribution in [1.82, 2.24) is 5.32 Å². The molecule has 2 aromatic heterocycles. The number of nitrogens with two attached hydrogens (primary N) is 1. The zero-order valence-corrected chi connectivity index (χ0v) is 12.7. The fourth-order valence-electron chi connectivity index (χ4n) is 3.00. The molecule has 0 aromatic carbocycles. The Kier molecular flexibility index (Phi) is 4.41. The van der Waals surface area contributed by atoms with Gasteiger partial charge in [0.15, 0.2) is 5.76 Å². The van der Waals surface area contributed by atoms with Gasteiger partial charge in [-0.05, 0) is 42.3 Å². The third-order valence-electron chi connectivity index (χ3n) is 4.09. The second-order valence-corrected chi connectivity index (χ2v) is 6.46. The number of carbonyl (C=O) groups is 1. The van der Waals surface area contributed by atoms with E-state index in [2.05, 4.69) is 16.8 Å². The fraction of sp³-hybridized carbons (Fsp3) is 0.438. The summed E-state index contributed by atoms with van der Waals surface area (Å²) in [5.41, 5.74) is 5.52. The number of amides is 1. The molecule has 1 amide bonds. The minimum Gasteiger partial charge on any atom is -0.455 e. The Balaban J connectivity index is 1.76. The molecular weight excluding hydrogens is 284 g/mol. The maximum absolute atomic E-state index is 12.4. The number of hydrogen-bond acceptors (Lipinski definition) is 4. The van der Waals surface area contributed by atoms with E-state index in [4.69, 9.17) is 10.2 Å². The second kappa shape index (κ2) is 6.45. The van der Waals surface area contributed by atoms with Crippen LogP contribution in [0.1, 0.15) is 52.9 Å². The van der Waals surface area contributed by atoms with Crippen LogP contribution >= 0.6 is 11.3 Å². The van der Waals surface area contributed by atoms with Crippen molar-refractivity contribution in [2.45, 2.75) is 38.3 Å². The molecule has 1 fully saturated rings. The van der Waals surface area contributed by atoms with Crippen LogP contribution in [0.4, 0.5) is 0 Å². The molecule has 1 atom stereocenters. The summed E-state index contributed by atoms with van der Waals surface area (Å²) in [7, 11) is 0. The number of furan rings is 1. The summed E-state index contributed by atoms with van der Waals surface area (Å²) >= 11 is 1.70. The average Bonchev–Trinajstić information content (AvgIpc) is 3.26. The molecule has 1 aliphatic carbocycles. The highest BCUT2D eigenvalue weighted by Gasteiger charge is 2.29. The van der Waals surface area contributed by atoms with Gasteiger partial charge in [-0.25, -0.2) is 0 Å². The number of carbonyl (C=O) groups excluding carboxylic acids is 1. The first kappa shape index (κ1) is 14.4. The van der Waals surface area contributed by atoms with Crippen LogP contribution in [0.15, 0.2) is 34.1 Å². The molecule has 1 aliphatic rings. The molecule has 2 heterocycles. The lowest BCUT2D eigenvalue weighted by Gasteiger charge is -2.23. The van der Waals surface area contributed by atoms with E-state index in [1.165, 1.54) is 30.6 Å². The SMILES string of the molecule is NCc1ccc(C(=O)NC(c2cccs2)C2CCCC2)o1. The summed E-state index contributed by atoms with van der Waals surface area (Å²) in [5.74, 6) is 1.35. The van der Waals surface area contributed by atoms with Gasteiger partial charge in [0.2, 0.25) is 0 Å². The normalized spacial score (nSPS) is 17.0. The standard InChI is InChI=1S/C16H20N2O2S/c17-10-12-7-8-13(20-12)16(19)18-15(11-4-1-2-5-11)14-6-3-9-21-14/h3,6-9,11,15H,1-2,4-5,10,17H2,(H,18,19). The molecule has 0 saturated heterocycles. The minimum absolute atomic E-state index is 0.0893. The molecule has 4 nitrogen and oxygen atoms in total. The monoisotopic (exact) mass is 304 g/mol. The van der Waals surface area contributed by atoms with Crippen molar-refractivity contribution < 1.29 is 9.21 Å².